The molecule has 1 aromatic carbocycles. The molecule has 0 saturated heterocycles. The number of halogens is 2. The summed E-state index contributed by atoms with van der Waals surface area (Å²) < 4.78 is 1.47. The molecule has 3 rings (SSSR count). The van der Waals surface area contributed by atoms with Crippen molar-refractivity contribution in [3.8, 4) is 11.4 Å². The van der Waals surface area contributed by atoms with Crippen molar-refractivity contribution in [2.45, 2.75) is 17.3 Å². The largest absolute Gasteiger partial charge is 0.508 e. The summed E-state index contributed by atoms with van der Waals surface area (Å²) in [6, 6.07) is 7.87. The highest BCUT2D eigenvalue weighted by Gasteiger charge is 2.20. The standard InChI is InChI=1S/C15H12Cl2N6O2S/c1-8(14(25)19-13-12(17)6-9(16)7-18-13)26-15-20-21-22-23(15)10-2-4-11(24)5-3-10/h2-8,24H,1H3,(H,18,19,25)/t8-/m1/s1. The second kappa shape index (κ2) is 7.90. The van der Waals surface area contributed by atoms with Gasteiger partial charge in [-0.2, -0.15) is 4.68 Å². The van der Waals surface area contributed by atoms with Crippen LogP contribution < -0.4 is 5.32 Å². The molecule has 3 aromatic rings. The molecule has 0 spiro atoms. The summed E-state index contributed by atoms with van der Waals surface area (Å²) in [7, 11) is 0. The van der Waals surface area contributed by atoms with Crippen LogP contribution >= 0.6 is 35.0 Å². The summed E-state index contributed by atoms with van der Waals surface area (Å²) in [5.41, 5.74) is 0.658. The third kappa shape index (κ3) is 4.24. The number of hydrogen-bond acceptors (Lipinski definition) is 7. The molecule has 0 aliphatic heterocycles. The molecule has 1 amide bonds. The number of hydrogen-bond donors (Lipinski definition) is 2. The number of amides is 1. The van der Waals surface area contributed by atoms with Crippen molar-refractivity contribution in [2.75, 3.05) is 5.32 Å². The molecule has 0 aliphatic carbocycles. The molecule has 2 heterocycles. The van der Waals surface area contributed by atoms with Crippen LogP contribution in [0.25, 0.3) is 5.69 Å². The van der Waals surface area contributed by atoms with Gasteiger partial charge < -0.3 is 10.4 Å². The number of benzene rings is 1. The topological polar surface area (TPSA) is 106 Å². The number of phenols is 1. The van der Waals surface area contributed by atoms with Gasteiger partial charge in [0, 0.05) is 6.20 Å². The predicted octanol–water partition coefficient (Wildman–Crippen LogP) is 3.19. The smallest absolute Gasteiger partial charge is 0.238 e. The number of carbonyl (C=O) groups excluding carboxylic acids is 1. The first kappa shape index (κ1) is 18.4. The van der Waals surface area contributed by atoms with Crippen LogP contribution in [0.2, 0.25) is 10.0 Å². The molecule has 8 nitrogen and oxygen atoms in total. The molecule has 11 heteroatoms. The number of phenolic OH excluding ortho intramolecular Hbond substituents is 1. The molecule has 0 unspecified atom stereocenters. The number of thioether (sulfide) groups is 1. The number of nitrogens with zero attached hydrogens (tertiary/aromatic N) is 5. The van der Waals surface area contributed by atoms with Gasteiger partial charge in [0.2, 0.25) is 11.1 Å². The van der Waals surface area contributed by atoms with Gasteiger partial charge in [-0.05, 0) is 47.7 Å². The van der Waals surface area contributed by atoms with E-state index in [1.165, 1.54) is 40.8 Å². The van der Waals surface area contributed by atoms with E-state index in [2.05, 4.69) is 25.8 Å². The molecule has 0 aliphatic rings. The summed E-state index contributed by atoms with van der Waals surface area (Å²) >= 11 is 13.0. The molecule has 1 atom stereocenters. The third-order valence-corrected chi connectivity index (χ3v) is 4.76. The summed E-state index contributed by atoms with van der Waals surface area (Å²) in [4.78, 5) is 16.4. The number of pyridine rings is 1. The highest BCUT2D eigenvalue weighted by atomic mass is 35.5. The Hall–Kier alpha value is -2.36. The van der Waals surface area contributed by atoms with Gasteiger partial charge in [-0.25, -0.2) is 4.98 Å². The number of tetrazole rings is 1. The van der Waals surface area contributed by atoms with Crippen LogP contribution in [0, 0.1) is 0 Å². The zero-order valence-electron chi connectivity index (χ0n) is 13.3. The van der Waals surface area contributed by atoms with Gasteiger partial charge in [0.1, 0.15) is 5.75 Å². The van der Waals surface area contributed by atoms with E-state index in [9.17, 15) is 9.90 Å². The minimum absolute atomic E-state index is 0.135. The molecule has 0 radical (unpaired) electrons. The van der Waals surface area contributed by atoms with Gasteiger partial charge in [-0.3, -0.25) is 4.79 Å². The van der Waals surface area contributed by atoms with E-state index in [0.717, 1.165) is 0 Å². The number of nitrogens with one attached hydrogen (secondary N) is 1. The van der Waals surface area contributed by atoms with Gasteiger partial charge in [0.05, 0.1) is 21.0 Å². The number of carbonyl (C=O) groups is 1. The fourth-order valence-corrected chi connectivity index (χ4v) is 3.18. The van der Waals surface area contributed by atoms with Crippen molar-refractivity contribution in [3.63, 3.8) is 0 Å². The molecular weight excluding hydrogens is 399 g/mol. The molecule has 26 heavy (non-hydrogen) atoms. The molecular formula is C15H12Cl2N6O2S. The van der Waals surface area contributed by atoms with Crippen molar-refractivity contribution >= 4 is 46.7 Å². The van der Waals surface area contributed by atoms with Gasteiger partial charge >= 0.3 is 0 Å². The Morgan fingerprint density at radius 3 is 2.73 bits per heavy atom. The zero-order chi connectivity index (χ0) is 18.7. The van der Waals surface area contributed by atoms with Crippen molar-refractivity contribution in [3.05, 3.63) is 46.6 Å². The fourth-order valence-electron chi connectivity index (χ4n) is 1.94. The Morgan fingerprint density at radius 1 is 1.31 bits per heavy atom. The first-order valence-electron chi connectivity index (χ1n) is 7.30. The zero-order valence-corrected chi connectivity index (χ0v) is 15.6. The number of aromatic nitrogens is 5. The van der Waals surface area contributed by atoms with Crippen LogP contribution in [0.4, 0.5) is 5.82 Å². The summed E-state index contributed by atoms with van der Waals surface area (Å²) in [5.74, 6) is 0.0507. The maximum Gasteiger partial charge on any atom is 0.238 e. The van der Waals surface area contributed by atoms with Gasteiger partial charge in [0.25, 0.3) is 0 Å². The molecule has 2 aromatic heterocycles. The van der Waals surface area contributed by atoms with E-state index >= 15 is 0 Å². The molecule has 0 bridgehead atoms. The average Bonchev–Trinajstić information content (AvgIpc) is 3.06. The first-order valence-corrected chi connectivity index (χ1v) is 8.94. The monoisotopic (exact) mass is 410 g/mol. The van der Waals surface area contributed by atoms with Gasteiger partial charge in [0.15, 0.2) is 5.82 Å². The predicted molar refractivity (Wildman–Crippen MR) is 99.0 cm³/mol. The van der Waals surface area contributed by atoms with E-state index in [0.29, 0.717) is 15.9 Å². The highest BCUT2D eigenvalue weighted by Crippen LogP contribution is 2.26. The Balaban J connectivity index is 1.72. The lowest BCUT2D eigenvalue weighted by Gasteiger charge is -2.12. The van der Waals surface area contributed by atoms with Crippen molar-refractivity contribution in [2.24, 2.45) is 0 Å². The summed E-state index contributed by atoms with van der Waals surface area (Å²) in [6.07, 6.45) is 1.40. The van der Waals surface area contributed by atoms with E-state index < -0.39 is 5.25 Å². The number of aromatic hydroxyl groups is 1. The highest BCUT2D eigenvalue weighted by molar-refractivity contribution is 8.00. The molecule has 134 valence electrons. The second-order valence-corrected chi connectivity index (χ2v) is 7.27. The van der Waals surface area contributed by atoms with E-state index in [-0.39, 0.29) is 22.5 Å². The quantitative estimate of drug-likeness (QED) is 0.621. The lowest BCUT2D eigenvalue weighted by atomic mass is 10.3. The van der Waals surface area contributed by atoms with Crippen molar-refractivity contribution < 1.29 is 9.90 Å². The van der Waals surface area contributed by atoms with Crippen LogP contribution in [0.5, 0.6) is 5.75 Å². The Kier molecular flexibility index (Phi) is 5.60. The van der Waals surface area contributed by atoms with Crippen LogP contribution in [-0.4, -0.2) is 41.5 Å². The van der Waals surface area contributed by atoms with Crippen LogP contribution in [0.15, 0.2) is 41.7 Å². The minimum Gasteiger partial charge on any atom is -0.508 e. The minimum atomic E-state index is -0.523. The molecule has 0 saturated carbocycles. The van der Waals surface area contributed by atoms with E-state index in [1.54, 1.807) is 19.1 Å². The van der Waals surface area contributed by atoms with E-state index in [4.69, 9.17) is 23.2 Å². The maximum absolute atomic E-state index is 12.4. The first-order chi connectivity index (χ1) is 12.4. The Labute approximate surface area is 162 Å². The molecule has 0 fully saturated rings. The van der Waals surface area contributed by atoms with Gasteiger partial charge in [-0.15, -0.1) is 5.10 Å². The Bertz CT molecular complexity index is 934. The van der Waals surface area contributed by atoms with Crippen LogP contribution in [0.3, 0.4) is 0 Å². The maximum atomic E-state index is 12.4. The normalized spacial score (nSPS) is 12.0. The third-order valence-electron chi connectivity index (χ3n) is 3.24. The van der Waals surface area contributed by atoms with Gasteiger partial charge in [-0.1, -0.05) is 35.0 Å². The number of rotatable bonds is 5. The lowest BCUT2D eigenvalue weighted by Crippen LogP contribution is -2.23. The number of anilines is 1. The average molecular weight is 411 g/mol. The van der Waals surface area contributed by atoms with Crippen molar-refractivity contribution in [1.82, 2.24) is 25.2 Å². The molecule has 2 N–H and O–H groups in total. The second-order valence-electron chi connectivity index (χ2n) is 5.12. The van der Waals surface area contributed by atoms with Crippen molar-refractivity contribution in [1.29, 1.82) is 0 Å². The van der Waals surface area contributed by atoms with E-state index in [1.807, 2.05) is 0 Å². The fraction of sp³-hybridized carbons (Fsp3) is 0.133. The Morgan fingerprint density at radius 2 is 2.04 bits per heavy atom. The van der Waals surface area contributed by atoms with Crippen LogP contribution in [0.1, 0.15) is 6.92 Å². The summed E-state index contributed by atoms with van der Waals surface area (Å²) in [6.45, 7) is 1.71. The van der Waals surface area contributed by atoms with Crippen LogP contribution in [-0.2, 0) is 4.79 Å². The summed E-state index contributed by atoms with van der Waals surface area (Å²) in [5, 5.41) is 24.0. The lowest BCUT2D eigenvalue weighted by molar-refractivity contribution is -0.115. The SMILES string of the molecule is C[C@@H](Sc1nnnn1-c1ccc(O)cc1)C(=O)Nc1ncc(Cl)cc1Cl.